The second kappa shape index (κ2) is 7.45. The minimum atomic E-state index is -0.719. The third-order valence-corrected chi connectivity index (χ3v) is 5.57. The van der Waals surface area contributed by atoms with E-state index in [0.29, 0.717) is 24.0 Å². The number of hydrogen-bond donors (Lipinski definition) is 2. The van der Waals surface area contributed by atoms with Crippen molar-refractivity contribution in [3.8, 4) is 0 Å². The molecule has 0 heterocycles. The lowest BCUT2D eigenvalue weighted by atomic mass is 9.83. The molecular formula is C19H28N2O2. The molecule has 0 bridgehead atoms. The van der Waals surface area contributed by atoms with E-state index >= 15 is 0 Å². The Kier molecular flexibility index (Phi) is 5.34. The lowest BCUT2D eigenvalue weighted by Gasteiger charge is -2.44. The Bertz CT molecular complexity index is 513. The van der Waals surface area contributed by atoms with Crippen LogP contribution in [0.15, 0.2) is 30.3 Å². The van der Waals surface area contributed by atoms with Gasteiger partial charge in [-0.25, -0.2) is 0 Å². The van der Waals surface area contributed by atoms with Gasteiger partial charge in [0.05, 0.1) is 6.54 Å². The van der Waals surface area contributed by atoms with Gasteiger partial charge in [0.2, 0.25) is 0 Å². The van der Waals surface area contributed by atoms with Gasteiger partial charge in [0.1, 0.15) is 0 Å². The van der Waals surface area contributed by atoms with Gasteiger partial charge in [-0.2, -0.15) is 0 Å². The summed E-state index contributed by atoms with van der Waals surface area (Å²) in [6, 6.07) is 12.4. The van der Waals surface area contributed by atoms with Crippen molar-refractivity contribution < 1.29 is 9.90 Å². The maximum absolute atomic E-state index is 10.9. The zero-order valence-corrected chi connectivity index (χ0v) is 13.9. The summed E-state index contributed by atoms with van der Waals surface area (Å²) in [5.74, 6) is -0.0836. The van der Waals surface area contributed by atoms with Crippen LogP contribution in [-0.4, -0.2) is 47.2 Å². The molecule has 4 heteroatoms. The first-order valence-electron chi connectivity index (χ1n) is 8.94. The quantitative estimate of drug-likeness (QED) is 0.812. The van der Waals surface area contributed by atoms with Crippen LogP contribution in [-0.2, 0) is 4.79 Å². The second-order valence-corrected chi connectivity index (χ2v) is 7.00. The van der Waals surface area contributed by atoms with Crippen LogP contribution >= 0.6 is 0 Å². The van der Waals surface area contributed by atoms with E-state index < -0.39 is 5.97 Å². The van der Waals surface area contributed by atoms with Crippen LogP contribution in [0.2, 0.25) is 0 Å². The molecule has 1 aromatic rings. The van der Waals surface area contributed by atoms with Crippen molar-refractivity contribution in [2.75, 3.05) is 13.1 Å². The highest BCUT2D eigenvalue weighted by Gasteiger charge is 2.37. The maximum Gasteiger partial charge on any atom is 0.317 e. The van der Waals surface area contributed by atoms with Crippen molar-refractivity contribution in [2.24, 2.45) is 0 Å². The highest BCUT2D eigenvalue weighted by atomic mass is 16.4. The van der Waals surface area contributed by atoms with E-state index in [4.69, 9.17) is 5.11 Å². The third-order valence-electron chi connectivity index (χ3n) is 5.57. The topological polar surface area (TPSA) is 52.6 Å². The summed E-state index contributed by atoms with van der Waals surface area (Å²) in [5.41, 5.74) is 1.46. The summed E-state index contributed by atoms with van der Waals surface area (Å²) >= 11 is 0. The van der Waals surface area contributed by atoms with Crippen LogP contribution in [0.4, 0.5) is 0 Å². The smallest absolute Gasteiger partial charge is 0.317 e. The van der Waals surface area contributed by atoms with Crippen LogP contribution in [0.5, 0.6) is 0 Å². The molecular weight excluding hydrogens is 288 g/mol. The second-order valence-electron chi connectivity index (χ2n) is 7.00. The number of rotatable bonds is 7. The van der Waals surface area contributed by atoms with Crippen LogP contribution < -0.4 is 5.32 Å². The molecule has 2 unspecified atom stereocenters. The summed E-state index contributed by atoms with van der Waals surface area (Å²) in [5, 5.41) is 12.8. The largest absolute Gasteiger partial charge is 0.480 e. The Morgan fingerprint density at radius 1 is 1.26 bits per heavy atom. The molecule has 0 amide bonds. The lowest BCUT2D eigenvalue weighted by Crippen LogP contribution is -2.55. The van der Waals surface area contributed by atoms with Crippen molar-refractivity contribution in [3.63, 3.8) is 0 Å². The Balaban J connectivity index is 1.50. The highest BCUT2D eigenvalue weighted by Crippen LogP contribution is 2.36. The predicted octanol–water partition coefficient (Wildman–Crippen LogP) is 2.85. The van der Waals surface area contributed by atoms with Gasteiger partial charge in [0.25, 0.3) is 0 Å². The lowest BCUT2D eigenvalue weighted by molar-refractivity contribution is -0.139. The summed E-state index contributed by atoms with van der Waals surface area (Å²) in [6.07, 6.45) is 6.00. The molecule has 2 atom stereocenters. The number of nitrogens with one attached hydrogen (secondary N) is 1. The number of carbonyl (C=O) groups is 1. The molecule has 2 saturated carbocycles. The van der Waals surface area contributed by atoms with Gasteiger partial charge in [-0.1, -0.05) is 43.7 Å². The summed E-state index contributed by atoms with van der Waals surface area (Å²) < 4.78 is 0. The van der Waals surface area contributed by atoms with Crippen LogP contribution in [0.25, 0.3) is 0 Å². The molecule has 0 spiro atoms. The van der Waals surface area contributed by atoms with Gasteiger partial charge in [-0.15, -0.1) is 0 Å². The number of hydrogen-bond acceptors (Lipinski definition) is 3. The van der Waals surface area contributed by atoms with Crippen molar-refractivity contribution in [2.45, 2.75) is 63.1 Å². The summed E-state index contributed by atoms with van der Waals surface area (Å²) in [4.78, 5) is 13.0. The Morgan fingerprint density at radius 2 is 2.00 bits per heavy atom. The predicted molar refractivity (Wildman–Crippen MR) is 91.7 cm³/mol. The minimum absolute atomic E-state index is 0.171. The molecule has 3 rings (SSSR count). The Hall–Kier alpha value is -1.39. The molecule has 2 N–H and O–H groups in total. The van der Waals surface area contributed by atoms with E-state index in [-0.39, 0.29) is 6.54 Å². The molecule has 23 heavy (non-hydrogen) atoms. The van der Waals surface area contributed by atoms with Crippen LogP contribution in [0.1, 0.15) is 50.5 Å². The Labute approximate surface area is 138 Å². The molecule has 0 radical (unpaired) electrons. The number of nitrogens with zero attached hydrogens (tertiary/aromatic N) is 1. The van der Waals surface area contributed by atoms with Crippen molar-refractivity contribution in [3.05, 3.63) is 35.9 Å². The fourth-order valence-corrected chi connectivity index (χ4v) is 4.26. The molecule has 0 saturated heterocycles. The zero-order valence-electron chi connectivity index (χ0n) is 13.9. The molecule has 4 nitrogen and oxygen atoms in total. The first-order valence-corrected chi connectivity index (χ1v) is 8.94. The van der Waals surface area contributed by atoms with Gasteiger partial charge in [-0.3, -0.25) is 9.69 Å². The average Bonchev–Trinajstić information content (AvgIpc) is 2.97. The maximum atomic E-state index is 10.9. The van der Waals surface area contributed by atoms with Crippen LogP contribution in [0, 0.1) is 0 Å². The van der Waals surface area contributed by atoms with E-state index in [9.17, 15) is 4.79 Å². The fourth-order valence-electron chi connectivity index (χ4n) is 4.26. The number of carboxylic acid groups (broad SMARTS) is 1. The summed E-state index contributed by atoms with van der Waals surface area (Å²) in [6.45, 7) is 3.04. The molecule has 1 aromatic carbocycles. The number of aliphatic carboxylic acids is 1. The van der Waals surface area contributed by atoms with Gasteiger partial charge in [-0.05, 0) is 43.7 Å². The first-order chi connectivity index (χ1) is 11.2. The Morgan fingerprint density at radius 3 is 2.65 bits per heavy atom. The molecule has 2 fully saturated rings. The van der Waals surface area contributed by atoms with Gasteiger partial charge in [0.15, 0.2) is 0 Å². The number of benzene rings is 1. The van der Waals surface area contributed by atoms with Gasteiger partial charge < -0.3 is 10.4 Å². The number of likely N-dealkylation sites (N-methyl/N-ethyl adjacent to an activating group) is 1. The molecule has 2 aliphatic rings. The van der Waals surface area contributed by atoms with Crippen LogP contribution in [0.3, 0.4) is 0 Å². The normalized spacial score (nSPS) is 30.3. The fraction of sp³-hybridized carbons (Fsp3) is 0.632. The van der Waals surface area contributed by atoms with E-state index in [0.717, 1.165) is 19.4 Å². The molecule has 0 aliphatic heterocycles. The minimum Gasteiger partial charge on any atom is -0.480 e. The monoisotopic (exact) mass is 316 g/mol. The molecule has 0 aromatic heterocycles. The van der Waals surface area contributed by atoms with E-state index in [1.165, 1.54) is 24.8 Å². The first kappa shape index (κ1) is 16.5. The average molecular weight is 316 g/mol. The molecule has 2 aliphatic carbocycles. The summed E-state index contributed by atoms with van der Waals surface area (Å²) in [7, 11) is 0. The zero-order chi connectivity index (χ0) is 16.2. The van der Waals surface area contributed by atoms with Gasteiger partial charge in [0, 0.05) is 18.1 Å². The van der Waals surface area contributed by atoms with E-state index in [1.807, 2.05) is 6.92 Å². The third kappa shape index (κ3) is 3.93. The SMILES string of the molecule is CCN(CC(=O)O)C1CC(NC2CCCC2c2ccccc2)C1. The van der Waals surface area contributed by atoms with Crippen molar-refractivity contribution in [1.29, 1.82) is 0 Å². The highest BCUT2D eigenvalue weighted by molar-refractivity contribution is 5.69. The van der Waals surface area contributed by atoms with E-state index in [1.54, 1.807) is 0 Å². The van der Waals surface area contributed by atoms with Crippen molar-refractivity contribution >= 4 is 5.97 Å². The molecule has 126 valence electrons. The standard InChI is InChI=1S/C19H28N2O2/c1-2-21(13-19(22)23)16-11-15(12-16)20-18-10-6-9-17(18)14-7-4-3-5-8-14/h3-5,7-8,15-18,20H,2,6,9-13H2,1H3,(H,22,23). The van der Waals surface area contributed by atoms with E-state index in [2.05, 4.69) is 40.5 Å². The van der Waals surface area contributed by atoms with Crippen molar-refractivity contribution in [1.82, 2.24) is 10.2 Å². The number of carboxylic acids is 1. The van der Waals surface area contributed by atoms with Gasteiger partial charge >= 0.3 is 5.97 Å².